The van der Waals surface area contributed by atoms with Crippen LogP contribution in [0.2, 0.25) is 0 Å². The third kappa shape index (κ3) is 5.84. The molecular weight excluding hydrogens is 827 g/mol. The molecule has 0 fully saturated rings. The number of carbonyl (C=O) groups excluding carboxylic acids is 1. The average molecular weight is 870 g/mol. The number of aryl methyl sites for hydroxylation is 1. The summed E-state index contributed by atoms with van der Waals surface area (Å²) in [6.07, 6.45) is 1.87. The summed E-state index contributed by atoms with van der Waals surface area (Å²) in [5, 5.41) is 6.97. The van der Waals surface area contributed by atoms with Crippen molar-refractivity contribution in [1.29, 1.82) is 0 Å². The number of fused-ring (bicyclic) bond motifs is 12. The van der Waals surface area contributed by atoms with Crippen molar-refractivity contribution in [2.75, 3.05) is 0 Å². The highest BCUT2D eigenvalue weighted by Crippen LogP contribution is 2.46. The van der Waals surface area contributed by atoms with Gasteiger partial charge >= 0.3 is 0 Å². The molecular formula is C64H43N3O. The number of hydrogen-bond donors (Lipinski definition) is 0. The Kier molecular flexibility index (Phi) is 8.59. The first-order valence-electron chi connectivity index (χ1n) is 23.6. The summed E-state index contributed by atoms with van der Waals surface area (Å²) in [5.41, 5.74) is 17.8. The Bertz CT molecular complexity index is 4140. The van der Waals surface area contributed by atoms with Gasteiger partial charge in [0.15, 0.2) is 5.78 Å². The Hall–Kier alpha value is -8.73. The minimum Gasteiger partial charge on any atom is -0.309 e. The van der Waals surface area contributed by atoms with Gasteiger partial charge in [-0.25, -0.2) is 0 Å². The van der Waals surface area contributed by atoms with Crippen LogP contribution in [-0.4, -0.2) is 19.5 Å². The Labute approximate surface area is 393 Å². The maximum Gasteiger partial charge on any atom is 0.193 e. The second kappa shape index (κ2) is 15.2. The lowest BCUT2D eigenvalue weighted by atomic mass is 9.85. The molecule has 14 rings (SSSR count). The molecule has 1 atom stereocenters. The summed E-state index contributed by atoms with van der Waals surface area (Å²) in [4.78, 5) is 15.2. The fourth-order valence-corrected chi connectivity index (χ4v) is 11.6. The van der Waals surface area contributed by atoms with Gasteiger partial charge in [-0.3, -0.25) is 4.79 Å². The van der Waals surface area contributed by atoms with Crippen molar-refractivity contribution >= 4 is 71.2 Å². The van der Waals surface area contributed by atoms with E-state index in [1.54, 1.807) is 0 Å². The van der Waals surface area contributed by atoms with Crippen LogP contribution >= 0.6 is 0 Å². The lowest BCUT2D eigenvalue weighted by molar-refractivity contribution is 0.103. The molecule has 0 amide bonds. The molecule has 0 bridgehead atoms. The first-order valence-corrected chi connectivity index (χ1v) is 23.6. The number of rotatable bonds is 6. The Morgan fingerprint density at radius 3 is 1.41 bits per heavy atom. The second-order valence-electron chi connectivity index (χ2n) is 18.3. The van der Waals surface area contributed by atoms with Crippen LogP contribution in [0.15, 0.2) is 231 Å². The van der Waals surface area contributed by atoms with E-state index in [-0.39, 0.29) is 11.7 Å². The maximum atomic E-state index is 15.2. The zero-order valence-electron chi connectivity index (χ0n) is 37.2. The summed E-state index contributed by atoms with van der Waals surface area (Å²) >= 11 is 0. The molecule has 1 aliphatic carbocycles. The lowest BCUT2D eigenvalue weighted by Crippen LogP contribution is -2.03. The van der Waals surface area contributed by atoms with Gasteiger partial charge in [0, 0.05) is 66.4 Å². The molecule has 0 N–H and O–H groups in total. The van der Waals surface area contributed by atoms with Crippen molar-refractivity contribution in [2.45, 2.75) is 18.8 Å². The van der Waals surface area contributed by atoms with E-state index in [9.17, 15) is 0 Å². The number of nitrogens with zero attached hydrogens (tertiary/aromatic N) is 3. The highest BCUT2D eigenvalue weighted by atomic mass is 16.1. The highest BCUT2D eigenvalue weighted by Gasteiger charge is 2.28. The van der Waals surface area contributed by atoms with Gasteiger partial charge < -0.3 is 13.7 Å². The van der Waals surface area contributed by atoms with E-state index in [1.807, 2.05) is 6.07 Å². The molecule has 0 saturated heterocycles. The number of ketones is 1. The fraction of sp³-hybridized carbons (Fsp3) is 0.0469. The third-order valence-corrected chi connectivity index (χ3v) is 14.6. The number of benzene rings is 10. The van der Waals surface area contributed by atoms with Crippen molar-refractivity contribution in [2.24, 2.45) is 0 Å². The molecule has 4 heteroatoms. The quantitative estimate of drug-likeness (QED) is 0.153. The molecule has 68 heavy (non-hydrogen) atoms. The second-order valence-corrected chi connectivity index (χ2v) is 18.3. The first-order chi connectivity index (χ1) is 33.7. The van der Waals surface area contributed by atoms with Crippen LogP contribution in [0.1, 0.15) is 45.0 Å². The molecule has 1 unspecified atom stereocenters. The molecule has 3 aromatic heterocycles. The first kappa shape index (κ1) is 38.5. The Morgan fingerprint density at radius 1 is 0.353 bits per heavy atom. The molecule has 3 heterocycles. The van der Waals surface area contributed by atoms with E-state index in [2.05, 4.69) is 238 Å². The van der Waals surface area contributed by atoms with Crippen LogP contribution in [-0.2, 0) is 6.42 Å². The van der Waals surface area contributed by atoms with Crippen LogP contribution in [0.3, 0.4) is 0 Å². The smallest absolute Gasteiger partial charge is 0.193 e. The molecule has 1 aliphatic rings. The zero-order chi connectivity index (χ0) is 44.9. The number of carbonyl (C=O) groups is 1. The Balaban J connectivity index is 0.961. The van der Waals surface area contributed by atoms with Crippen LogP contribution in [0, 0.1) is 0 Å². The van der Waals surface area contributed by atoms with E-state index in [0.717, 1.165) is 68.3 Å². The Morgan fingerprint density at radius 2 is 0.809 bits per heavy atom. The van der Waals surface area contributed by atoms with Gasteiger partial charge in [-0.1, -0.05) is 133 Å². The van der Waals surface area contributed by atoms with E-state index in [4.69, 9.17) is 0 Å². The van der Waals surface area contributed by atoms with Crippen molar-refractivity contribution in [3.63, 3.8) is 0 Å². The number of hydrogen-bond acceptors (Lipinski definition) is 1. The van der Waals surface area contributed by atoms with E-state index in [0.29, 0.717) is 11.1 Å². The van der Waals surface area contributed by atoms with Gasteiger partial charge in [-0.2, -0.15) is 0 Å². The summed E-state index contributed by atoms with van der Waals surface area (Å²) in [6, 6.07) is 82.6. The molecule has 4 nitrogen and oxygen atoms in total. The summed E-state index contributed by atoms with van der Waals surface area (Å²) in [6.45, 7) is 0. The SMILES string of the molecule is O=C(c1ccc2c(c1)-c1cc3c4ccccc4n(-c4ccccc4)c3cc1C(c1ccccc1)CC2)c1ccc2c(c1)c1cc3c4ccccc4n(-c4ccccc4)c3cc1n2-c1ccccc1. The van der Waals surface area contributed by atoms with Crippen molar-refractivity contribution in [3.8, 4) is 28.2 Å². The monoisotopic (exact) mass is 869 g/mol. The van der Waals surface area contributed by atoms with Gasteiger partial charge in [-0.05, 0) is 138 Å². The molecule has 0 saturated carbocycles. The zero-order valence-corrected chi connectivity index (χ0v) is 37.2. The van der Waals surface area contributed by atoms with Crippen molar-refractivity contribution < 1.29 is 4.79 Å². The van der Waals surface area contributed by atoms with E-state index >= 15 is 4.79 Å². The third-order valence-electron chi connectivity index (χ3n) is 14.6. The molecule has 13 aromatic rings. The largest absolute Gasteiger partial charge is 0.309 e. The van der Waals surface area contributed by atoms with Crippen molar-refractivity contribution in [3.05, 3.63) is 258 Å². The van der Waals surface area contributed by atoms with Crippen LogP contribution in [0.4, 0.5) is 0 Å². The summed E-state index contributed by atoms with van der Waals surface area (Å²) < 4.78 is 7.14. The van der Waals surface area contributed by atoms with Crippen LogP contribution < -0.4 is 0 Å². The van der Waals surface area contributed by atoms with Crippen LogP contribution in [0.5, 0.6) is 0 Å². The number of aromatic nitrogens is 3. The standard InChI is InChI=1S/C64H43N3O/c68-64(44-32-34-60-54(36-44)57-38-56-50-26-14-16-28-59(50)66(46-21-9-3-10-22-46)62(56)40-63(57)67(60)47-23-11-4-12-24-47)43-30-29-42-31-33-48(41-17-5-1-6-18-41)53-39-61-55(37-52(53)51(42)35-43)49-25-13-15-27-58(49)65(61)45-19-7-2-8-20-45/h1-30,32,34-40,48H,31,33H2. The molecule has 320 valence electrons. The van der Waals surface area contributed by atoms with Gasteiger partial charge in [0.2, 0.25) is 0 Å². The predicted octanol–water partition coefficient (Wildman–Crippen LogP) is 16.0. The van der Waals surface area contributed by atoms with Gasteiger partial charge in [-0.15, -0.1) is 0 Å². The summed E-state index contributed by atoms with van der Waals surface area (Å²) in [7, 11) is 0. The van der Waals surface area contributed by atoms with Gasteiger partial charge in [0.05, 0.1) is 33.1 Å². The molecule has 10 aromatic carbocycles. The normalized spacial score (nSPS) is 13.7. The maximum absolute atomic E-state index is 15.2. The fourth-order valence-electron chi connectivity index (χ4n) is 11.6. The average Bonchev–Trinajstić information content (AvgIpc) is 3.98. The van der Waals surface area contributed by atoms with Gasteiger partial charge in [0.25, 0.3) is 0 Å². The minimum atomic E-state index is 0.0178. The highest BCUT2D eigenvalue weighted by molar-refractivity contribution is 6.21. The summed E-state index contributed by atoms with van der Waals surface area (Å²) in [5.74, 6) is 0.200. The van der Waals surface area contributed by atoms with E-state index in [1.165, 1.54) is 54.8 Å². The van der Waals surface area contributed by atoms with Crippen LogP contribution in [0.25, 0.3) is 93.6 Å². The predicted molar refractivity (Wildman–Crippen MR) is 281 cm³/mol. The van der Waals surface area contributed by atoms with Crippen molar-refractivity contribution in [1.82, 2.24) is 13.7 Å². The minimum absolute atomic E-state index is 0.0178. The molecule has 0 aliphatic heterocycles. The molecule has 0 spiro atoms. The lowest BCUT2D eigenvalue weighted by Gasteiger charge is -2.20. The number of para-hydroxylation sites is 5. The van der Waals surface area contributed by atoms with Gasteiger partial charge in [0.1, 0.15) is 0 Å². The molecule has 0 radical (unpaired) electrons. The van der Waals surface area contributed by atoms with E-state index < -0.39 is 0 Å². The topological polar surface area (TPSA) is 31.9 Å².